The lowest BCUT2D eigenvalue weighted by atomic mass is 9.97. The summed E-state index contributed by atoms with van der Waals surface area (Å²) in [6, 6.07) is 12.3. The largest absolute Gasteiger partial charge is 0.463 e. The second kappa shape index (κ2) is 10.4. The van der Waals surface area contributed by atoms with Crippen LogP contribution in [-0.2, 0) is 22.6 Å². The molecule has 1 aliphatic heterocycles. The van der Waals surface area contributed by atoms with Crippen molar-refractivity contribution in [1.29, 1.82) is 0 Å². The van der Waals surface area contributed by atoms with Gasteiger partial charge in [-0.2, -0.15) is 0 Å². The van der Waals surface area contributed by atoms with Gasteiger partial charge in [-0.3, -0.25) is 9.59 Å². The molecule has 1 aliphatic carbocycles. The molecule has 0 radical (unpaired) electrons. The predicted octanol–water partition coefficient (Wildman–Crippen LogP) is 2.08. The maximum absolute atomic E-state index is 12.4. The van der Waals surface area contributed by atoms with Gasteiger partial charge in [0.2, 0.25) is 0 Å². The van der Waals surface area contributed by atoms with Crippen molar-refractivity contribution >= 4 is 11.8 Å². The van der Waals surface area contributed by atoms with Crippen LogP contribution in [0.5, 0.6) is 0 Å². The quantitative estimate of drug-likeness (QED) is 0.472. The summed E-state index contributed by atoms with van der Waals surface area (Å²) in [5.41, 5.74) is 4.11. The molecule has 1 unspecified atom stereocenters. The SMILES string of the molecule is O=C(NCCC1=CCCCC1)C(=O)NC[C@H](c1ccco1)[NH+]1CCc2ccccc2C1. The van der Waals surface area contributed by atoms with Crippen LogP contribution in [0.2, 0.25) is 0 Å². The summed E-state index contributed by atoms with van der Waals surface area (Å²) in [5.74, 6) is -0.307. The molecule has 3 N–H and O–H groups in total. The van der Waals surface area contributed by atoms with Crippen LogP contribution in [0.25, 0.3) is 0 Å². The Labute approximate surface area is 183 Å². The van der Waals surface area contributed by atoms with Gasteiger partial charge in [0, 0.05) is 18.5 Å². The molecule has 1 aromatic heterocycles. The first-order valence-corrected chi connectivity index (χ1v) is 11.4. The van der Waals surface area contributed by atoms with E-state index in [2.05, 4.69) is 41.0 Å². The summed E-state index contributed by atoms with van der Waals surface area (Å²) >= 11 is 0. The summed E-state index contributed by atoms with van der Waals surface area (Å²) in [4.78, 5) is 26.0. The minimum absolute atomic E-state index is 0.0347. The van der Waals surface area contributed by atoms with Gasteiger partial charge in [0.1, 0.15) is 6.54 Å². The van der Waals surface area contributed by atoms with Gasteiger partial charge in [-0.15, -0.1) is 0 Å². The molecular formula is C25H32N3O3+. The van der Waals surface area contributed by atoms with E-state index >= 15 is 0 Å². The van der Waals surface area contributed by atoms with Crippen LogP contribution in [0.4, 0.5) is 0 Å². The average Bonchev–Trinajstić information content (AvgIpc) is 3.34. The van der Waals surface area contributed by atoms with Gasteiger partial charge in [-0.25, -0.2) is 0 Å². The van der Waals surface area contributed by atoms with E-state index in [-0.39, 0.29) is 6.04 Å². The van der Waals surface area contributed by atoms with E-state index in [0.717, 1.165) is 44.5 Å². The van der Waals surface area contributed by atoms with Crippen LogP contribution in [0.3, 0.4) is 0 Å². The van der Waals surface area contributed by atoms with Crippen molar-refractivity contribution in [2.75, 3.05) is 19.6 Å². The number of hydrogen-bond donors (Lipinski definition) is 3. The van der Waals surface area contributed by atoms with E-state index < -0.39 is 11.8 Å². The van der Waals surface area contributed by atoms with Crippen molar-refractivity contribution in [3.05, 3.63) is 71.2 Å². The number of amides is 2. The third kappa shape index (κ3) is 5.64. The van der Waals surface area contributed by atoms with E-state index in [4.69, 9.17) is 4.42 Å². The molecular weight excluding hydrogens is 390 g/mol. The third-order valence-corrected chi connectivity index (χ3v) is 6.42. The number of carbonyl (C=O) groups excluding carboxylic acids is 2. The fourth-order valence-corrected chi connectivity index (χ4v) is 4.66. The first-order valence-electron chi connectivity index (χ1n) is 11.4. The van der Waals surface area contributed by atoms with Crippen molar-refractivity contribution in [2.24, 2.45) is 0 Å². The number of allylic oxidation sites excluding steroid dienone is 1. The van der Waals surface area contributed by atoms with Gasteiger partial charge in [-0.1, -0.05) is 35.9 Å². The Balaban J connectivity index is 1.31. The zero-order chi connectivity index (χ0) is 21.5. The van der Waals surface area contributed by atoms with Gasteiger partial charge in [0.15, 0.2) is 11.8 Å². The number of furan rings is 1. The molecule has 164 valence electrons. The molecule has 0 fully saturated rings. The number of hydrogen-bond acceptors (Lipinski definition) is 3. The minimum atomic E-state index is -0.578. The van der Waals surface area contributed by atoms with Crippen LogP contribution < -0.4 is 15.5 Å². The molecule has 2 atom stereocenters. The summed E-state index contributed by atoms with van der Waals surface area (Å²) in [6.45, 7) is 2.70. The molecule has 6 heteroatoms. The van der Waals surface area contributed by atoms with Crippen molar-refractivity contribution < 1.29 is 18.9 Å². The smallest absolute Gasteiger partial charge is 0.309 e. The fraction of sp³-hybridized carbons (Fsp3) is 0.440. The summed E-state index contributed by atoms with van der Waals surface area (Å²) in [6.07, 6.45) is 10.4. The van der Waals surface area contributed by atoms with Gasteiger partial charge in [-0.05, 0) is 49.8 Å². The summed E-state index contributed by atoms with van der Waals surface area (Å²) in [5, 5.41) is 5.59. The second-order valence-corrected chi connectivity index (χ2v) is 8.50. The maximum Gasteiger partial charge on any atom is 0.309 e. The van der Waals surface area contributed by atoms with E-state index in [1.165, 1.54) is 34.4 Å². The standard InChI is InChI=1S/C25H31N3O3/c29-24(26-14-12-19-7-2-1-3-8-19)25(30)27-17-22(23-11-6-16-31-23)28-15-13-20-9-4-5-10-21(20)18-28/h4-7,9-11,16,22H,1-3,8,12-15,17-18H2,(H,26,29)(H,27,30)/p+1/t22-/m1/s1. The van der Waals surface area contributed by atoms with Crippen LogP contribution in [0.1, 0.15) is 55.0 Å². The minimum Gasteiger partial charge on any atom is -0.463 e. The van der Waals surface area contributed by atoms with Crippen molar-refractivity contribution in [3.63, 3.8) is 0 Å². The molecule has 0 saturated carbocycles. The normalized spacial score (nSPS) is 19.1. The molecule has 4 rings (SSSR count). The van der Waals surface area contributed by atoms with E-state index in [9.17, 15) is 9.59 Å². The highest BCUT2D eigenvalue weighted by molar-refractivity contribution is 6.35. The highest BCUT2D eigenvalue weighted by atomic mass is 16.3. The van der Waals surface area contributed by atoms with Crippen molar-refractivity contribution in [2.45, 2.75) is 51.1 Å². The molecule has 0 saturated heterocycles. The van der Waals surface area contributed by atoms with Gasteiger partial charge in [0.25, 0.3) is 0 Å². The number of benzene rings is 1. The number of quaternary nitrogens is 1. The first kappa shape index (κ1) is 21.4. The Hall–Kier alpha value is -2.86. The Morgan fingerprint density at radius 1 is 1.00 bits per heavy atom. The molecule has 6 nitrogen and oxygen atoms in total. The fourth-order valence-electron chi connectivity index (χ4n) is 4.66. The lowest BCUT2D eigenvalue weighted by molar-refractivity contribution is -0.946. The Bertz CT molecular complexity index is 920. The zero-order valence-electron chi connectivity index (χ0n) is 18.0. The first-order chi connectivity index (χ1) is 15.2. The number of rotatable bonds is 7. The number of fused-ring (bicyclic) bond motifs is 1. The van der Waals surface area contributed by atoms with Crippen LogP contribution in [-0.4, -0.2) is 31.4 Å². The lowest BCUT2D eigenvalue weighted by Gasteiger charge is -2.31. The van der Waals surface area contributed by atoms with E-state index in [1.807, 2.05) is 12.1 Å². The lowest BCUT2D eigenvalue weighted by Crippen LogP contribution is -3.12. The number of carbonyl (C=O) groups is 2. The Morgan fingerprint density at radius 3 is 2.61 bits per heavy atom. The topological polar surface area (TPSA) is 75.8 Å². The van der Waals surface area contributed by atoms with Crippen molar-refractivity contribution in [1.82, 2.24) is 10.6 Å². The molecule has 31 heavy (non-hydrogen) atoms. The molecule has 1 aromatic carbocycles. The molecule has 2 aliphatic rings. The molecule has 2 amide bonds. The highest BCUT2D eigenvalue weighted by Gasteiger charge is 2.31. The molecule has 2 aromatic rings. The molecule has 2 heterocycles. The van der Waals surface area contributed by atoms with Gasteiger partial charge >= 0.3 is 11.8 Å². The predicted molar refractivity (Wildman–Crippen MR) is 118 cm³/mol. The Morgan fingerprint density at radius 2 is 1.84 bits per heavy atom. The maximum atomic E-state index is 12.4. The summed E-state index contributed by atoms with van der Waals surface area (Å²) in [7, 11) is 0. The zero-order valence-corrected chi connectivity index (χ0v) is 18.0. The average molecular weight is 423 g/mol. The Kier molecular flexibility index (Phi) is 7.20. The summed E-state index contributed by atoms with van der Waals surface area (Å²) < 4.78 is 5.68. The van der Waals surface area contributed by atoms with E-state index in [0.29, 0.717) is 13.1 Å². The van der Waals surface area contributed by atoms with Gasteiger partial charge in [0.05, 0.1) is 19.4 Å². The van der Waals surface area contributed by atoms with Crippen LogP contribution in [0, 0.1) is 0 Å². The monoisotopic (exact) mass is 422 g/mol. The molecule has 0 bridgehead atoms. The van der Waals surface area contributed by atoms with Crippen LogP contribution >= 0.6 is 0 Å². The van der Waals surface area contributed by atoms with Gasteiger partial charge < -0.3 is 20.0 Å². The number of nitrogens with one attached hydrogen (secondary N) is 3. The molecule has 0 spiro atoms. The van der Waals surface area contributed by atoms with Crippen LogP contribution in [0.15, 0.2) is 58.7 Å². The second-order valence-electron chi connectivity index (χ2n) is 8.50. The van der Waals surface area contributed by atoms with E-state index in [1.54, 1.807) is 6.26 Å². The van der Waals surface area contributed by atoms with Crippen molar-refractivity contribution in [3.8, 4) is 0 Å². The third-order valence-electron chi connectivity index (χ3n) is 6.42. The highest BCUT2D eigenvalue weighted by Crippen LogP contribution is 2.19.